The summed E-state index contributed by atoms with van der Waals surface area (Å²) >= 11 is 0. The van der Waals surface area contributed by atoms with E-state index in [9.17, 15) is 0 Å². The highest BCUT2D eigenvalue weighted by molar-refractivity contribution is 4.81. The molecule has 1 heterocycles. The summed E-state index contributed by atoms with van der Waals surface area (Å²) in [5.74, 6) is 0. The molecule has 1 rings (SSSR count). The topological polar surface area (TPSA) is 15.7 Å². The number of rotatable bonds is 7. The van der Waals surface area contributed by atoms with E-state index in [1.165, 1.54) is 58.4 Å². The lowest BCUT2D eigenvalue weighted by atomic mass is 10.0. The molecule has 0 amide bonds. The Labute approximate surface area is 133 Å². The van der Waals surface area contributed by atoms with E-state index in [2.05, 4.69) is 51.3 Å². The summed E-state index contributed by atoms with van der Waals surface area (Å²) in [6.07, 6.45) is 5.19. The van der Waals surface area contributed by atoms with Gasteiger partial charge in [-0.25, -0.2) is 0 Å². The predicted molar refractivity (Wildman–Crippen MR) is 91.9 cm³/mol. The molecule has 1 saturated heterocycles. The molecular formula is C18H38N2O. The fourth-order valence-electron chi connectivity index (χ4n) is 2.81. The highest BCUT2D eigenvalue weighted by Crippen LogP contribution is 2.16. The van der Waals surface area contributed by atoms with E-state index >= 15 is 0 Å². The zero-order chi connectivity index (χ0) is 15.9. The van der Waals surface area contributed by atoms with E-state index < -0.39 is 0 Å². The highest BCUT2D eigenvalue weighted by atomic mass is 16.5. The molecule has 1 aliphatic heterocycles. The first kappa shape index (κ1) is 18.9. The summed E-state index contributed by atoms with van der Waals surface area (Å²) in [5, 5.41) is 0. The Hall–Kier alpha value is -0.120. The Morgan fingerprint density at radius 2 is 1.33 bits per heavy atom. The normalized spacial score (nSPS) is 19.1. The van der Waals surface area contributed by atoms with Crippen molar-refractivity contribution in [2.24, 2.45) is 0 Å². The van der Waals surface area contributed by atoms with Crippen LogP contribution >= 0.6 is 0 Å². The summed E-state index contributed by atoms with van der Waals surface area (Å²) in [5.41, 5.74) is 0.353. The first-order chi connectivity index (χ1) is 9.68. The molecule has 0 bridgehead atoms. The Morgan fingerprint density at radius 3 is 1.86 bits per heavy atom. The van der Waals surface area contributed by atoms with Crippen molar-refractivity contribution in [3.63, 3.8) is 0 Å². The Balaban J connectivity index is 1.98. The van der Waals surface area contributed by atoms with Gasteiger partial charge in [-0.05, 0) is 60.9 Å². The van der Waals surface area contributed by atoms with Gasteiger partial charge in [0.05, 0.1) is 5.60 Å². The van der Waals surface area contributed by atoms with Gasteiger partial charge >= 0.3 is 0 Å². The number of piperazine rings is 1. The standard InChI is InChI=1S/C18H38N2O/c1-17(2,3)20-14-12-19(13-15-20)11-9-7-8-10-16-21-18(4,5)6/h7-16H2,1-6H3. The fourth-order valence-corrected chi connectivity index (χ4v) is 2.81. The van der Waals surface area contributed by atoms with E-state index in [4.69, 9.17) is 4.74 Å². The van der Waals surface area contributed by atoms with Gasteiger partial charge in [0.1, 0.15) is 0 Å². The van der Waals surface area contributed by atoms with Crippen molar-refractivity contribution < 1.29 is 4.74 Å². The quantitative estimate of drug-likeness (QED) is 0.665. The average molecular weight is 299 g/mol. The minimum atomic E-state index is 0.0206. The molecule has 126 valence electrons. The van der Waals surface area contributed by atoms with Gasteiger partial charge in [-0.1, -0.05) is 12.8 Å². The van der Waals surface area contributed by atoms with Crippen molar-refractivity contribution in [3.05, 3.63) is 0 Å². The summed E-state index contributed by atoms with van der Waals surface area (Å²) in [7, 11) is 0. The molecule has 0 aromatic carbocycles. The number of ether oxygens (including phenoxy) is 1. The minimum absolute atomic E-state index is 0.0206. The van der Waals surface area contributed by atoms with Gasteiger partial charge in [0.15, 0.2) is 0 Å². The van der Waals surface area contributed by atoms with Crippen LogP contribution in [0.3, 0.4) is 0 Å². The first-order valence-corrected chi connectivity index (χ1v) is 8.80. The molecule has 1 aliphatic rings. The molecule has 1 fully saturated rings. The minimum Gasteiger partial charge on any atom is -0.376 e. The van der Waals surface area contributed by atoms with Gasteiger partial charge in [0.25, 0.3) is 0 Å². The number of hydrogen-bond donors (Lipinski definition) is 0. The Bertz CT molecular complexity index is 270. The number of unbranched alkanes of at least 4 members (excludes halogenated alkanes) is 3. The van der Waals surface area contributed by atoms with Gasteiger partial charge in [0, 0.05) is 38.3 Å². The molecule has 0 atom stereocenters. The second-order valence-electron chi connectivity index (χ2n) is 8.37. The first-order valence-electron chi connectivity index (χ1n) is 8.80. The van der Waals surface area contributed by atoms with Crippen LogP contribution in [-0.2, 0) is 4.74 Å². The third kappa shape index (κ3) is 8.80. The zero-order valence-corrected chi connectivity index (χ0v) is 15.4. The van der Waals surface area contributed by atoms with Crippen LogP contribution in [0.5, 0.6) is 0 Å². The van der Waals surface area contributed by atoms with Crippen LogP contribution in [0.25, 0.3) is 0 Å². The van der Waals surface area contributed by atoms with Crippen molar-refractivity contribution in [1.82, 2.24) is 9.80 Å². The van der Waals surface area contributed by atoms with Gasteiger partial charge in [-0.3, -0.25) is 4.90 Å². The van der Waals surface area contributed by atoms with E-state index in [0.29, 0.717) is 5.54 Å². The van der Waals surface area contributed by atoms with Crippen LogP contribution < -0.4 is 0 Å². The van der Waals surface area contributed by atoms with E-state index in [1.54, 1.807) is 0 Å². The van der Waals surface area contributed by atoms with E-state index in [0.717, 1.165) is 6.61 Å². The maximum absolute atomic E-state index is 5.75. The molecule has 0 spiro atoms. The van der Waals surface area contributed by atoms with Crippen LogP contribution in [0, 0.1) is 0 Å². The molecule has 0 radical (unpaired) electrons. The summed E-state index contributed by atoms with van der Waals surface area (Å²) in [6, 6.07) is 0. The third-order valence-electron chi connectivity index (χ3n) is 4.22. The van der Waals surface area contributed by atoms with Crippen LogP contribution in [0.2, 0.25) is 0 Å². The van der Waals surface area contributed by atoms with Gasteiger partial charge in [-0.2, -0.15) is 0 Å². The van der Waals surface area contributed by atoms with E-state index in [-0.39, 0.29) is 5.60 Å². The van der Waals surface area contributed by atoms with Crippen molar-refractivity contribution in [2.45, 2.75) is 78.4 Å². The van der Waals surface area contributed by atoms with Crippen molar-refractivity contribution in [2.75, 3.05) is 39.3 Å². The second kappa shape index (κ2) is 8.50. The molecule has 0 saturated carbocycles. The molecule has 0 unspecified atom stereocenters. The largest absolute Gasteiger partial charge is 0.376 e. The smallest absolute Gasteiger partial charge is 0.0598 e. The SMILES string of the molecule is CC(C)(C)OCCCCCCN1CCN(C(C)(C)C)CC1. The van der Waals surface area contributed by atoms with Crippen LogP contribution in [0.15, 0.2) is 0 Å². The lowest BCUT2D eigenvalue weighted by molar-refractivity contribution is -0.00482. The van der Waals surface area contributed by atoms with Crippen LogP contribution in [0.1, 0.15) is 67.2 Å². The molecule has 0 aromatic heterocycles. The molecule has 21 heavy (non-hydrogen) atoms. The third-order valence-corrected chi connectivity index (χ3v) is 4.22. The van der Waals surface area contributed by atoms with Gasteiger partial charge < -0.3 is 9.64 Å². The lowest BCUT2D eigenvalue weighted by Gasteiger charge is -2.42. The maximum atomic E-state index is 5.75. The Kier molecular flexibility index (Phi) is 7.66. The van der Waals surface area contributed by atoms with Crippen LogP contribution in [-0.4, -0.2) is 60.3 Å². The fraction of sp³-hybridized carbons (Fsp3) is 1.00. The molecule has 3 nitrogen and oxygen atoms in total. The summed E-state index contributed by atoms with van der Waals surface area (Å²) in [6.45, 7) is 20.5. The molecule has 0 aliphatic carbocycles. The lowest BCUT2D eigenvalue weighted by Crippen LogP contribution is -2.53. The van der Waals surface area contributed by atoms with Crippen LogP contribution in [0.4, 0.5) is 0 Å². The number of nitrogens with zero attached hydrogens (tertiary/aromatic N) is 2. The molecule has 0 aromatic rings. The zero-order valence-electron chi connectivity index (χ0n) is 15.4. The molecule has 3 heteroatoms. The molecular weight excluding hydrogens is 260 g/mol. The van der Waals surface area contributed by atoms with Crippen molar-refractivity contribution >= 4 is 0 Å². The maximum Gasteiger partial charge on any atom is 0.0598 e. The highest BCUT2D eigenvalue weighted by Gasteiger charge is 2.25. The van der Waals surface area contributed by atoms with Crippen molar-refractivity contribution in [1.29, 1.82) is 0 Å². The summed E-state index contributed by atoms with van der Waals surface area (Å²) in [4.78, 5) is 5.24. The molecule has 0 N–H and O–H groups in total. The number of hydrogen-bond acceptors (Lipinski definition) is 3. The van der Waals surface area contributed by atoms with Crippen molar-refractivity contribution in [3.8, 4) is 0 Å². The second-order valence-corrected chi connectivity index (χ2v) is 8.37. The summed E-state index contributed by atoms with van der Waals surface area (Å²) < 4.78 is 5.75. The van der Waals surface area contributed by atoms with Gasteiger partial charge in [0.2, 0.25) is 0 Å². The van der Waals surface area contributed by atoms with E-state index in [1.807, 2.05) is 0 Å². The Morgan fingerprint density at radius 1 is 0.762 bits per heavy atom. The monoisotopic (exact) mass is 298 g/mol. The average Bonchev–Trinajstić information content (AvgIpc) is 2.36. The van der Waals surface area contributed by atoms with Gasteiger partial charge in [-0.15, -0.1) is 0 Å². The predicted octanol–water partition coefficient (Wildman–Crippen LogP) is 3.78.